The molecule has 0 aromatic heterocycles. The fourth-order valence-electron chi connectivity index (χ4n) is 2.69. The van der Waals surface area contributed by atoms with Crippen molar-refractivity contribution in [3.63, 3.8) is 0 Å². The molecule has 0 bridgehead atoms. The molecular formula is C20H32N2O2. The van der Waals surface area contributed by atoms with Crippen molar-refractivity contribution >= 4 is 17.5 Å². The first-order chi connectivity index (χ1) is 11.4. The SMILES string of the molecule is CCCCCNC(=O)CC(=O)Nc1c(C(C)C)cccc1C(C)C. The maximum absolute atomic E-state index is 12.3. The molecule has 4 nitrogen and oxygen atoms in total. The number of unbranched alkanes of at least 4 members (excludes halogenated alkanes) is 2. The summed E-state index contributed by atoms with van der Waals surface area (Å²) in [6, 6.07) is 6.11. The normalized spacial score (nSPS) is 11.0. The van der Waals surface area contributed by atoms with Crippen LogP contribution in [0.1, 0.15) is 83.3 Å². The van der Waals surface area contributed by atoms with E-state index in [1.807, 2.05) is 18.2 Å². The predicted octanol–water partition coefficient (Wildman–Crippen LogP) is 4.57. The number of carbonyl (C=O) groups is 2. The second-order valence-corrected chi connectivity index (χ2v) is 6.90. The van der Waals surface area contributed by atoms with Gasteiger partial charge >= 0.3 is 0 Å². The summed E-state index contributed by atoms with van der Waals surface area (Å²) in [4.78, 5) is 24.2. The van der Waals surface area contributed by atoms with Gasteiger partial charge in [0.25, 0.3) is 0 Å². The molecule has 1 aromatic carbocycles. The Morgan fingerprint density at radius 3 is 2.04 bits per heavy atom. The lowest BCUT2D eigenvalue weighted by atomic mass is 9.92. The molecule has 1 rings (SSSR count). The lowest BCUT2D eigenvalue weighted by molar-refractivity contribution is -0.126. The summed E-state index contributed by atoms with van der Waals surface area (Å²) in [7, 11) is 0. The summed E-state index contributed by atoms with van der Waals surface area (Å²) < 4.78 is 0. The Morgan fingerprint density at radius 1 is 0.958 bits per heavy atom. The molecule has 0 saturated carbocycles. The summed E-state index contributed by atoms with van der Waals surface area (Å²) >= 11 is 0. The van der Waals surface area contributed by atoms with E-state index in [4.69, 9.17) is 0 Å². The molecule has 0 radical (unpaired) electrons. The predicted molar refractivity (Wildman–Crippen MR) is 100 cm³/mol. The molecule has 2 amide bonds. The van der Waals surface area contributed by atoms with Crippen LogP contribution in [0.5, 0.6) is 0 Å². The van der Waals surface area contributed by atoms with Gasteiger partial charge in [-0.15, -0.1) is 0 Å². The Hall–Kier alpha value is -1.84. The molecule has 24 heavy (non-hydrogen) atoms. The number of para-hydroxylation sites is 1. The molecule has 0 saturated heterocycles. The molecule has 0 spiro atoms. The molecular weight excluding hydrogens is 300 g/mol. The van der Waals surface area contributed by atoms with E-state index < -0.39 is 0 Å². The summed E-state index contributed by atoms with van der Waals surface area (Å²) in [5, 5.41) is 5.78. The Bertz CT molecular complexity index is 524. The number of carbonyl (C=O) groups excluding carboxylic acids is 2. The van der Waals surface area contributed by atoms with Gasteiger partial charge < -0.3 is 10.6 Å². The average Bonchev–Trinajstić information content (AvgIpc) is 2.51. The van der Waals surface area contributed by atoms with E-state index in [2.05, 4.69) is 45.3 Å². The highest BCUT2D eigenvalue weighted by atomic mass is 16.2. The zero-order valence-corrected chi connectivity index (χ0v) is 15.7. The lowest BCUT2D eigenvalue weighted by Gasteiger charge is -2.20. The van der Waals surface area contributed by atoms with Gasteiger partial charge in [0.2, 0.25) is 11.8 Å². The van der Waals surface area contributed by atoms with Crippen LogP contribution >= 0.6 is 0 Å². The minimum Gasteiger partial charge on any atom is -0.356 e. The Morgan fingerprint density at radius 2 is 1.54 bits per heavy atom. The Labute approximate surface area is 146 Å². The number of nitrogens with one attached hydrogen (secondary N) is 2. The highest BCUT2D eigenvalue weighted by Crippen LogP contribution is 2.32. The van der Waals surface area contributed by atoms with Crippen molar-refractivity contribution in [3.05, 3.63) is 29.3 Å². The zero-order chi connectivity index (χ0) is 18.1. The summed E-state index contributed by atoms with van der Waals surface area (Å²) in [6.07, 6.45) is 3.03. The van der Waals surface area contributed by atoms with Gasteiger partial charge in [-0.05, 0) is 29.4 Å². The molecule has 0 fully saturated rings. The van der Waals surface area contributed by atoms with Crippen molar-refractivity contribution in [1.82, 2.24) is 5.32 Å². The lowest BCUT2D eigenvalue weighted by Crippen LogP contribution is -2.29. The number of hydrogen-bond acceptors (Lipinski definition) is 2. The van der Waals surface area contributed by atoms with Crippen molar-refractivity contribution < 1.29 is 9.59 Å². The number of amides is 2. The maximum Gasteiger partial charge on any atom is 0.233 e. The Balaban J connectivity index is 2.74. The molecule has 0 heterocycles. The molecule has 0 atom stereocenters. The largest absolute Gasteiger partial charge is 0.356 e. The second-order valence-electron chi connectivity index (χ2n) is 6.90. The standard InChI is InChI=1S/C20H32N2O2/c1-6-7-8-12-21-18(23)13-19(24)22-20-16(14(2)3)10-9-11-17(20)15(4)5/h9-11,14-15H,6-8,12-13H2,1-5H3,(H,21,23)(H,22,24). The first-order valence-corrected chi connectivity index (χ1v) is 9.06. The fraction of sp³-hybridized carbons (Fsp3) is 0.600. The van der Waals surface area contributed by atoms with Gasteiger partial charge in [0.05, 0.1) is 0 Å². The first kappa shape index (κ1) is 20.2. The maximum atomic E-state index is 12.3. The van der Waals surface area contributed by atoms with Crippen LogP contribution in [0.15, 0.2) is 18.2 Å². The topological polar surface area (TPSA) is 58.2 Å². The van der Waals surface area contributed by atoms with E-state index in [0.29, 0.717) is 18.4 Å². The molecule has 134 valence electrons. The number of benzene rings is 1. The van der Waals surface area contributed by atoms with Crippen molar-refractivity contribution in [2.45, 2.75) is 72.1 Å². The second kappa shape index (κ2) is 10.1. The highest BCUT2D eigenvalue weighted by Gasteiger charge is 2.17. The third kappa shape index (κ3) is 6.34. The molecule has 2 N–H and O–H groups in total. The van der Waals surface area contributed by atoms with Crippen LogP contribution in [0, 0.1) is 0 Å². The molecule has 0 aliphatic rings. The van der Waals surface area contributed by atoms with Gasteiger partial charge in [0, 0.05) is 12.2 Å². The molecule has 0 unspecified atom stereocenters. The van der Waals surface area contributed by atoms with Gasteiger partial charge in [0.15, 0.2) is 0 Å². The van der Waals surface area contributed by atoms with Gasteiger partial charge in [-0.25, -0.2) is 0 Å². The highest BCUT2D eigenvalue weighted by molar-refractivity contribution is 6.04. The van der Waals surface area contributed by atoms with E-state index in [9.17, 15) is 9.59 Å². The molecule has 4 heteroatoms. The number of hydrogen-bond donors (Lipinski definition) is 2. The minimum atomic E-state index is -0.252. The third-order valence-electron chi connectivity index (χ3n) is 4.06. The van der Waals surface area contributed by atoms with Crippen LogP contribution in [-0.2, 0) is 9.59 Å². The zero-order valence-electron chi connectivity index (χ0n) is 15.7. The van der Waals surface area contributed by atoms with E-state index in [1.54, 1.807) is 0 Å². The molecule has 0 aliphatic heterocycles. The number of rotatable bonds is 9. The van der Waals surface area contributed by atoms with E-state index in [0.717, 1.165) is 36.1 Å². The van der Waals surface area contributed by atoms with Crippen LogP contribution in [0.25, 0.3) is 0 Å². The van der Waals surface area contributed by atoms with Gasteiger partial charge in [-0.2, -0.15) is 0 Å². The monoisotopic (exact) mass is 332 g/mol. The van der Waals surface area contributed by atoms with Gasteiger partial charge in [-0.3, -0.25) is 9.59 Å². The summed E-state index contributed by atoms with van der Waals surface area (Å²) in [5.74, 6) is 0.151. The van der Waals surface area contributed by atoms with Crippen LogP contribution < -0.4 is 10.6 Å². The first-order valence-electron chi connectivity index (χ1n) is 9.06. The van der Waals surface area contributed by atoms with Crippen molar-refractivity contribution in [1.29, 1.82) is 0 Å². The van der Waals surface area contributed by atoms with Crippen LogP contribution in [0.4, 0.5) is 5.69 Å². The van der Waals surface area contributed by atoms with E-state index >= 15 is 0 Å². The quantitative estimate of drug-likeness (QED) is 0.514. The van der Waals surface area contributed by atoms with E-state index in [1.165, 1.54) is 0 Å². The Kier molecular flexibility index (Phi) is 8.51. The van der Waals surface area contributed by atoms with Gasteiger partial charge in [-0.1, -0.05) is 65.7 Å². The van der Waals surface area contributed by atoms with E-state index in [-0.39, 0.29) is 18.2 Å². The average molecular weight is 332 g/mol. The van der Waals surface area contributed by atoms with Crippen molar-refractivity contribution in [2.75, 3.05) is 11.9 Å². The molecule has 1 aromatic rings. The number of anilines is 1. The third-order valence-corrected chi connectivity index (χ3v) is 4.06. The van der Waals surface area contributed by atoms with Crippen LogP contribution in [0.3, 0.4) is 0 Å². The molecule has 0 aliphatic carbocycles. The summed E-state index contributed by atoms with van der Waals surface area (Å²) in [5.41, 5.74) is 3.09. The summed E-state index contributed by atoms with van der Waals surface area (Å²) in [6.45, 7) is 11.2. The smallest absolute Gasteiger partial charge is 0.233 e. The van der Waals surface area contributed by atoms with Crippen LogP contribution in [0.2, 0.25) is 0 Å². The van der Waals surface area contributed by atoms with Crippen molar-refractivity contribution in [2.24, 2.45) is 0 Å². The van der Waals surface area contributed by atoms with Crippen LogP contribution in [-0.4, -0.2) is 18.4 Å². The fourth-order valence-corrected chi connectivity index (χ4v) is 2.69. The van der Waals surface area contributed by atoms with Crippen molar-refractivity contribution in [3.8, 4) is 0 Å². The minimum absolute atomic E-state index is 0.129. The van der Waals surface area contributed by atoms with Gasteiger partial charge in [0.1, 0.15) is 6.42 Å².